The van der Waals surface area contributed by atoms with Crippen LogP contribution in [0.1, 0.15) is 28.4 Å². The third kappa shape index (κ3) is 6.33. The SMILES string of the molecule is NC(=O)Nc1cccc(C(=O)Nc2ccc(OC(CC(=O)O)c3ccccc3)cc2)c1. The largest absolute Gasteiger partial charge is 0.485 e. The Morgan fingerprint density at radius 3 is 2.23 bits per heavy atom. The molecule has 3 amide bonds. The van der Waals surface area contributed by atoms with Gasteiger partial charge in [0.25, 0.3) is 5.91 Å². The lowest BCUT2D eigenvalue weighted by atomic mass is 10.1. The van der Waals surface area contributed by atoms with Gasteiger partial charge < -0.3 is 26.2 Å². The molecule has 158 valence electrons. The molecular weight excluding hydrogens is 398 g/mol. The molecule has 1 atom stereocenters. The summed E-state index contributed by atoms with van der Waals surface area (Å²) in [5, 5.41) is 14.4. The number of carbonyl (C=O) groups is 3. The molecule has 0 aromatic heterocycles. The summed E-state index contributed by atoms with van der Waals surface area (Å²) >= 11 is 0. The van der Waals surface area contributed by atoms with E-state index in [0.29, 0.717) is 22.7 Å². The second kappa shape index (κ2) is 9.93. The van der Waals surface area contributed by atoms with E-state index in [1.54, 1.807) is 42.5 Å². The van der Waals surface area contributed by atoms with Crippen LogP contribution in [0.4, 0.5) is 16.2 Å². The number of urea groups is 1. The van der Waals surface area contributed by atoms with Crippen LogP contribution in [0, 0.1) is 0 Å². The summed E-state index contributed by atoms with van der Waals surface area (Å²) in [5.41, 5.74) is 7.13. The van der Waals surface area contributed by atoms with Gasteiger partial charge in [-0.1, -0.05) is 36.4 Å². The van der Waals surface area contributed by atoms with Crippen molar-refractivity contribution in [1.82, 2.24) is 0 Å². The Hall–Kier alpha value is -4.33. The lowest BCUT2D eigenvalue weighted by Gasteiger charge is -2.18. The summed E-state index contributed by atoms with van der Waals surface area (Å²) in [4.78, 5) is 34.6. The summed E-state index contributed by atoms with van der Waals surface area (Å²) in [5.74, 6) is -0.860. The number of aliphatic carboxylic acids is 1. The van der Waals surface area contributed by atoms with Crippen molar-refractivity contribution < 1.29 is 24.2 Å². The molecule has 0 aliphatic carbocycles. The van der Waals surface area contributed by atoms with Gasteiger partial charge in [-0.05, 0) is 48.0 Å². The number of hydrogen-bond acceptors (Lipinski definition) is 4. The molecule has 31 heavy (non-hydrogen) atoms. The molecule has 0 fully saturated rings. The number of ether oxygens (including phenoxy) is 1. The van der Waals surface area contributed by atoms with Gasteiger partial charge in [-0.25, -0.2) is 4.79 Å². The number of carboxylic acids is 1. The van der Waals surface area contributed by atoms with E-state index in [0.717, 1.165) is 5.56 Å². The molecule has 0 saturated carbocycles. The molecule has 8 nitrogen and oxygen atoms in total. The zero-order valence-corrected chi connectivity index (χ0v) is 16.4. The molecule has 3 aromatic carbocycles. The molecular formula is C23H21N3O5. The van der Waals surface area contributed by atoms with E-state index >= 15 is 0 Å². The quantitative estimate of drug-likeness (QED) is 0.438. The van der Waals surface area contributed by atoms with Crippen LogP contribution < -0.4 is 21.1 Å². The number of nitrogens with two attached hydrogens (primary N) is 1. The average Bonchev–Trinajstić information content (AvgIpc) is 2.74. The first-order chi connectivity index (χ1) is 14.9. The van der Waals surface area contributed by atoms with E-state index < -0.39 is 18.1 Å². The lowest BCUT2D eigenvalue weighted by Crippen LogP contribution is -2.19. The van der Waals surface area contributed by atoms with Crippen molar-refractivity contribution in [2.75, 3.05) is 10.6 Å². The molecule has 1 unspecified atom stereocenters. The standard InChI is InChI=1S/C23H21N3O5/c24-23(30)26-18-8-4-7-16(13-18)22(29)25-17-9-11-19(12-10-17)31-20(14-21(27)28)15-5-2-1-3-6-15/h1-13,20H,14H2,(H,25,29)(H,27,28)(H3,24,26,30). The van der Waals surface area contributed by atoms with E-state index in [1.807, 2.05) is 30.3 Å². The highest BCUT2D eigenvalue weighted by Crippen LogP contribution is 2.26. The van der Waals surface area contributed by atoms with Crippen molar-refractivity contribution in [3.05, 3.63) is 90.0 Å². The van der Waals surface area contributed by atoms with Crippen LogP contribution in [0.25, 0.3) is 0 Å². The molecule has 3 aromatic rings. The van der Waals surface area contributed by atoms with Gasteiger partial charge in [-0.2, -0.15) is 0 Å². The molecule has 0 spiro atoms. The maximum absolute atomic E-state index is 12.5. The fourth-order valence-corrected chi connectivity index (χ4v) is 2.92. The number of hydrogen-bond donors (Lipinski definition) is 4. The smallest absolute Gasteiger partial charge is 0.316 e. The van der Waals surface area contributed by atoms with Gasteiger partial charge in [0.05, 0.1) is 6.42 Å². The highest BCUT2D eigenvalue weighted by atomic mass is 16.5. The number of nitrogens with one attached hydrogen (secondary N) is 2. The molecule has 0 heterocycles. The molecule has 3 rings (SSSR count). The topological polar surface area (TPSA) is 131 Å². The summed E-state index contributed by atoms with van der Waals surface area (Å²) in [6.07, 6.45) is -0.822. The van der Waals surface area contributed by atoms with E-state index in [-0.39, 0.29) is 12.3 Å². The summed E-state index contributed by atoms with van der Waals surface area (Å²) in [7, 11) is 0. The predicted molar refractivity (Wildman–Crippen MR) is 116 cm³/mol. The van der Waals surface area contributed by atoms with Crippen LogP contribution >= 0.6 is 0 Å². The van der Waals surface area contributed by atoms with Crippen LogP contribution in [0.15, 0.2) is 78.9 Å². The summed E-state index contributed by atoms with van der Waals surface area (Å²) in [6, 6.07) is 21.4. The molecule has 0 aliphatic heterocycles. The maximum Gasteiger partial charge on any atom is 0.316 e. The number of rotatable bonds is 8. The molecule has 0 radical (unpaired) electrons. The van der Waals surface area contributed by atoms with E-state index in [2.05, 4.69) is 10.6 Å². The van der Waals surface area contributed by atoms with Crippen molar-refractivity contribution in [3.8, 4) is 5.75 Å². The Morgan fingerprint density at radius 2 is 1.58 bits per heavy atom. The number of carboxylic acid groups (broad SMARTS) is 1. The number of benzene rings is 3. The van der Waals surface area contributed by atoms with Crippen molar-refractivity contribution in [2.24, 2.45) is 5.73 Å². The van der Waals surface area contributed by atoms with Crippen LogP contribution in [0.2, 0.25) is 0 Å². The average molecular weight is 419 g/mol. The number of primary amides is 1. The van der Waals surface area contributed by atoms with Gasteiger partial charge in [0.15, 0.2) is 0 Å². The Labute approximate surface area is 178 Å². The maximum atomic E-state index is 12.5. The lowest BCUT2D eigenvalue weighted by molar-refractivity contribution is -0.138. The summed E-state index contributed by atoms with van der Waals surface area (Å²) < 4.78 is 5.86. The number of carbonyl (C=O) groups excluding carboxylic acids is 2. The zero-order chi connectivity index (χ0) is 22.2. The minimum absolute atomic E-state index is 0.182. The fourth-order valence-electron chi connectivity index (χ4n) is 2.92. The normalized spacial score (nSPS) is 11.2. The van der Waals surface area contributed by atoms with Gasteiger partial charge in [0.1, 0.15) is 11.9 Å². The Morgan fingerprint density at radius 1 is 0.871 bits per heavy atom. The van der Waals surface area contributed by atoms with Crippen molar-refractivity contribution in [3.63, 3.8) is 0 Å². The van der Waals surface area contributed by atoms with Gasteiger partial charge in [0.2, 0.25) is 0 Å². The van der Waals surface area contributed by atoms with Crippen LogP contribution in [0.5, 0.6) is 5.75 Å². The van der Waals surface area contributed by atoms with E-state index in [4.69, 9.17) is 10.5 Å². The van der Waals surface area contributed by atoms with Crippen molar-refractivity contribution >= 4 is 29.3 Å². The first-order valence-electron chi connectivity index (χ1n) is 9.42. The Bertz CT molecular complexity index is 1070. The third-order valence-electron chi connectivity index (χ3n) is 4.31. The van der Waals surface area contributed by atoms with Crippen LogP contribution in [-0.4, -0.2) is 23.0 Å². The second-order valence-electron chi connectivity index (χ2n) is 6.66. The second-order valence-corrected chi connectivity index (χ2v) is 6.66. The Kier molecular flexibility index (Phi) is 6.85. The minimum atomic E-state index is -0.967. The van der Waals surface area contributed by atoms with Crippen molar-refractivity contribution in [2.45, 2.75) is 12.5 Å². The molecule has 0 aliphatic rings. The van der Waals surface area contributed by atoms with E-state index in [9.17, 15) is 19.5 Å². The van der Waals surface area contributed by atoms with E-state index in [1.165, 1.54) is 6.07 Å². The van der Waals surface area contributed by atoms with Gasteiger partial charge in [0, 0.05) is 16.9 Å². The Balaban J connectivity index is 1.67. The highest BCUT2D eigenvalue weighted by Gasteiger charge is 2.17. The first-order valence-corrected chi connectivity index (χ1v) is 9.42. The molecule has 0 saturated heterocycles. The van der Waals surface area contributed by atoms with Crippen molar-refractivity contribution in [1.29, 1.82) is 0 Å². The van der Waals surface area contributed by atoms with Crippen LogP contribution in [-0.2, 0) is 4.79 Å². The third-order valence-corrected chi connectivity index (χ3v) is 4.31. The molecule has 8 heteroatoms. The minimum Gasteiger partial charge on any atom is -0.485 e. The van der Waals surface area contributed by atoms with Gasteiger partial charge in [-0.15, -0.1) is 0 Å². The molecule has 0 bridgehead atoms. The zero-order valence-electron chi connectivity index (χ0n) is 16.4. The number of amides is 3. The monoisotopic (exact) mass is 419 g/mol. The van der Waals surface area contributed by atoms with Gasteiger partial charge >= 0.3 is 12.0 Å². The van der Waals surface area contributed by atoms with Gasteiger partial charge in [-0.3, -0.25) is 9.59 Å². The predicted octanol–water partition coefficient (Wildman–Crippen LogP) is 4.02. The highest BCUT2D eigenvalue weighted by molar-refractivity contribution is 6.05. The molecule has 5 N–H and O–H groups in total. The fraction of sp³-hybridized carbons (Fsp3) is 0.0870. The number of anilines is 2. The van der Waals surface area contributed by atoms with Crippen LogP contribution in [0.3, 0.4) is 0 Å². The summed E-state index contributed by atoms with van der Waals surface area (Å²) in [6.45, 7) is 0. The first kappa shape index (κ1) is 21.4.